The molecular formula is C19H23NO5S2. The molecule has 1 aliphatic rings. The van der Waals surface area contributed by atoms with Gasteiger partial charge < -0.3 is 14.6 Å². The number of carbonyl (C=O) groups excluding carboxylic acids is 1. The average molecular weight is 410 g/mol. The van der Waals surface area contributed by atoms with Crippen molar-refractivity contribution in [1.82, 2.24) is 4.90 Å². The van der Waals surface area contributed by atoms with Crippen molar-refractivity contribution < 1.29 is 24.2 Å². The van der Waals surface area contributed by atoms with Gasteiger partial charge in [-0.25, -0.2) is 0 Å². The summed E-state index contributed by atoms with van der Waals surface area (Å²) in [6, 6.07) is 5.46. The van der Waals surface area contributed by atoms with E-state index in [-0.39, 0.29) is 4.32 Å². The fourth-order valence-electron chi connectivity index (χ4n) is 2.46. The number of carbonyl (C=O) groups is 2. The number of thiocarbonyl (C=S) groups is 1. The highest BCUT2D eigenvalue weighted by Crippen LogP contribution is 2.34. The van der Waals surface area contributed by atoms with Gasteiger partial charge in [0, 0.05) is 0 Å². The molecule has 0 aliphatic carbocycles. The molecular weight excluding hydrogens is 386 g/mol. The molecule has 1 aromatic rings. The first-order valence-electron chi connectivity index (χ1n) is 8.83. The first kappa shape index (κ1) is 21.2. The normalized spacial score (nSPS) is 15.5. The van der Waals surface area contributed by atoms with Gasteiger partial charge in [-0.2, -0.15) is 0 Å². The van der Waals surface area contributed by atoms with E-state index in [4.69, 9.17) is 26.8 Å². The number of nitrogens with zero attached hydrogens (tertiary/aromatic N) is 1. The predicted octanol–water partition coefficient (Wildman–Crippen LogP) is 3.94. The second-order valence-electron chi connectivity index (χ2n) is 5.86. The monoisotopic (exact) mass is 409 g/mol. The third-order valence-corrected chi connectivity index (χ3v) is 5.12. The third-order valence-electron chi connectivity index (χ3n) is 3.74. The number of rotatable bonds is 10. The Morgan fingerprint density at radius 3 is 2.70 bits per heavy atom. The maximum atomic E-state index is 12.4. The number of carboxylic acids is 1. The Labute approximate surface area is 168 Å². The number of unbranched alkanes of at least 4 members (excludes halogenated alkanes) is 2. The topological polar surface area (TPSA) is 76.1 Å². The van der Waals surface area contributed by atoms with Crippen LogP contribution in [-0.4, -0.2) is 46.0 Å². The molecule has 1 fully saturated rings. The van der Waals surface area contributed by atoms with E-state index in [1.54, 1.807) is 6.08 Å². The van der Waals surface area contributed by atoms with Crippen molar-refractivity contribution >= 4 is 46.3 Å². The van der Waals surface area contributed by atoms with E-state index in [1.807, 2.05) is 25.1 Å². The quantitative estimate of drug-likeness (QED) is 0.356. The highest BCUT2D eigenvalue weighted by Gasteiger charge is 2.33. The van der Waals surface area contributed by atoms with Gasteiger partial charge in [-0.15, -0.1) is 0 Å². The number of benzene rings is 1. The van der Waals surface area contributed by atoms with Gasteiger partial charge in [0.2, 0.25) is 0 Å². The number of aliphatic carboxylic acids is 1. The van der Waals surface area contributed by atoms with Crippen molar-refractivity contribution in [3.8, 4) is 11.5 Å². The molecule has 1 saturated heterocycles. The summed E-state index contributed by atoms with van der Waals surface area (Å²) in [5, 5.41) is 8.90. The number of ether oxygens (including phenoxy) is 2. The average Bonchev–Trinajstić information content (AvgIpc) is 2.87. The first-order valence-corrected chi connectivity index (χ1v) is 10.1. The van der Waals surface area contributed by atoms with E-state index < -0.39 is 18.4 Å². The summed E-state index contributed by atoms with van der Waals surface area (Å²) >= 11 is 6.20. The Morgan fingerprint density at radius 1 is 1.26 bits per heavy atom. The molecule has 0 aromatic heterocycles. The molecule has 6 nitrogen and oxygen atoms in total. The standard InChI is InChI=1S/C19H23NO5S2/c1-3-5-6-9-25-14-8-7-13(10-15(14)24-4-2)11-16-18(23)20(12-17(21)22)19(26)27-16/h7-8,10-11H,3-6,9,12H2,1-2H3,(H,21,22)/b16-11+. The Bertz CT molecular complexity index is 748. The fraction of sp³-hybridized carbons (Fsp3) is 0.421. The minimum atomic E-state index is -1.10. The van der Waals surface area contributed by atoms with Gasteiger partial charge in [0.25, 0.3) is 5.91 Å². The van der Waals surface area contributed by atoms with Crippen LogP contribution in [0, 0.1) is 0 Å². The lowest BCUT2D eigenvalue weighted by Crippen LogP contribution is -2.33. The van der Waals surface area contributed by atoms with Crippen LogP contribution in [-0.2, 0) is 9.59 Å². The van der Waals surface area contributed by atoms with Crippen LogP contribution >= 0.6 is 24.0 Å². The highest BCUT2D eigenvalue weighted by atomic mass is 32.2. The lowest BCUT2D eigenvalue weighted by atomic mass is 10.2. The zero-order valence-electron chi connectivity index (χ0n) is 15.4. The molecule has 1 aliphatic heterocycles. The highest BCUT2D eigenvalue weighted by molar-refractivity contribution is 8.26. The second kappa shape index (κ2) is 10.3. The number of thioether (sulfide) groups is 1. The summed E-state index contributed by atoms with van der Waals surface area (Å²) in [6.07, 6.45) is 4.90. The molecule has 0 bridgehead atoms. The molecule has 2 rings (SSSR count). The number of hydrogen-bond acceptors (Lipinski definition) is 6. The Morgan fingerprint density at radius 2 is 2.04 bits per heavy atom. The summed E-state index contributed by atoms with van der Waals surface area (Å²) in [7, 11) is 0. The van der Waals surface area contributed by atoms with Gasteiger partial charge in [-0.05, 0) is 37.1 Å². The van der Waals surface area contributed by atoms with Gasteiger partial charge in [0.1, 0.15) is 10.9 Å². The van der Waals surface area contributed by atoms with Gasteiger partial charge in [0.15, 0.2) is 11.5 Å². The van der Waals surface area contributed by atoms with Crippen LogP contribution in [0.5, 0.6) is 11.5 Å². The third kappa shape index (κ3) is 5.97. The maximum Gasteiger partial charge on any atom is 0.323 e. The van der Waals surface area contributed by atoms with Crippen LogP contribution < -0.4 is 9.47 Å². The Kier molecular flexibility index (Phi) is 8.12. The smallest absolute Gasteiger partial charge is 0.323 e. The number of amides is 1. The molecule has 8 heteroatoms. The van der Waals surface area contributed by atoms with Crippen LogP contribution in [0.1, 0.15) is 38.7 Å². The van der Waals surface area contributed by atoms with Crippen molar-refractivity contribution in [3.05, 3.63) is 28.7 Å². The van der Waals surface area contributed by atoms with Crippen molar-refractivity contribution in [2.75, 3.05) is 19.8 Å². The van der Waals surface area contributed by atoms with Gasteiger partial charge in [-0.3, -0.25) is 14.5 Å². The summed E-state index contributed by atoms with van der Waals surface area (Å²) in [6.45, 7) is 4.72. The SMILES string of the molecule is CCCCCOc1ccc(/C=C2/SC(=S)N(CC(=O)O)C2=O)cc1OCC. The van der Waals surface area contributed by atoms with Crippen molar-refractivity contribution in [1.29, 1.82) is 0 Å². The van der Waals surface area contributed by atoms with Crippen LogP contribution in [0.15, 0.2) is 23.1 Å². The minimum Gasteiger partial charge on any atom is -0.490 e. The van der Waals surface area contributed by atoms with E-state index >= 15 is 0 Å². The fourth-order valence-corrected chi connectivity index (χ4v) is 3.71. The maximum absolute atomic E-state index is 12.4. The van der Waals surface area contributed by atoms with E-state index in [9.17, 15) is 9.59 Å². The zero-order chi connectivity index (χ0) is 19.8. The van der Waals surface area contributed by atoms with Crippen molar-refractivity contribution in [3.63, 3.8) is 0 Å². The lowest BCUT2D eigenvalue weighted by Gasteiger charge is -2.13. The predicted molar refractivity (Wildman–Crippen MR) is 110 cm³/mol. The van der Waals surface area contributed by atoms with Crippen molar-refractivity contribution in [2.24, 2.45) is 0 Å². The van der Waals surface area contributed by atoms with Gasteiger partial charge in [0.05, 0.1) is 18.1 Å². The van der Waals surface area contributed by atoms with E-state index in [0.717, 1.165) is 41.5 Å². The zero-order valence-corrected chi connectivity index (χ0v) is 17.0. The molecule has 0 spiro atoms. The summed E-state index contributed by atoms with van der Waals surface area (Å²) in [4.78, 5) is 24.7. The molecule has 27 heavy (non-hydrogen) atoms. The summed E-state index contributed by atoms with van der Waals surface area (Å²) in [5.41, 5.74) is 0.759. The Balaban J connectivity index is 2.17. The number of carboxylic acid groups (broad SMARTS) is 1. The van der Waals surface area contributed by atoms with Gasteiger partial charge in [-0.1, -0.05) is 49.8 Å². The first-order chi connectivity index (χ1) is 13.0. The summed E-state index contributed by atoms with van der Waals surface area (Å²) in [5.74, 6) is -0.215. The number of hydrogen-bond donors (Lipinski definition) is 1. The van der Waals surface area contributed by atoms with Crippen LogP contribution in [0.4, 0.5) is 0 Å². The van der Waals surface area contributed by atoms with Crippen LogP contribution in [0.2, 0.25) is 0 Å². The van der Waals surface area contributed by atoms with Gasteiger partial charge >= 0.3 is 5.97 Å². The molecule has 1 aromatic carbocycles. The molecule has 146 valence electrons. The second-order valence-corrected chi connectivity index (χ2v) is 7.53. The largest absolute Gasteiger partial charge is 0.490 e. The van der Waals surface area contributed by atoms with Crippen LogP contribution in [0.25, 0.3) is 6.08 Å². The molecule has 0 saturated carbocycles. The minimum absolute atomic E-state index is 0.245. The van der Waals surface area contributed by atoms with Crippen LogP contribution in [0.3, 0.4) is 0 Å². The van der Waals surface area contributed by atoms with Crippen molar-refractivity contribution in [2.45, 2.75) is 33.1 Å². The molecule has 0 radical (unpaired) electrons. The molecule has 1 heterocycles. The molecule has 1 amide bonds. The Hall–Kier alpha value is -2.06. The molecule has 1 N–H and O–H groups in total. The molecule has 0 atom stereocenters. The van der Waals surface area contributed by atoms with E-state index in [2.05, 4.69) is 6.92 Å². The van der Waals surface area contributed by atoms with E-state index in [1.165, 1.54) is 0 Å². The van der Waals surface area contributed by atoms with E-state index in [0.29, 0.717) is 29.6 Å². The lowest BCUT2D eigenvalue weighted by molar-refractivity contribution is -0.140. The molecule has 0 unspecified atom stereocenters. The summed E-state index contributed by atoms with van der Waals surface area (Å²) < 4.78 is 11.7.